The third-order valence-electron chi connectivity index (χ3n) is 3.05. The molecule has 5 heteroatoms. The summed E-state index contributed by atoms with van der Waals surface area (Å²) in [6.07, 6.45) is 0. The molecule has 0 aliphatic heterocycles. The minimum Gasteiger partial charge on any atom is -0.481 e. The largest absolute Gasteiger partial charge is 0.481 e. The van der Waals surface area contributed by atoms with E-state index in [1.165, 1.54) is 13.8 Å². The summed E-state index contributed by atoms with van der Waals surface area (Å²) in [5.74, 6) is -2.05. The predicted molar refractivity (Wildman–Crippen MR) is 70.2 cm³/mol. The van der Waals surface area contributed by atoms with Gasteiger partial charge in [0.25, 0.3) is 5.91 Å². The molecule has 1 aromatic rings. The zero-order valence-electron chi connectivity index (χ0n) is 11.1. The van der Waals surface area contributed by atoms with Gasteiger partial charge in [-0.05, 0) is 32.9 Å². The van der Waals surface area contributed by atoms with Gasteiger partial charge in [-0.2, -0.15) is 0 Å². The van der Waals surface area contributed by atoms with E-state index in [-0.39, 0.29) is 11.7 Å². The van der Waals surface area contributed by atoms with Crippen molar-refractivity contribution in [3.05, 3.63) is 35.4 Å². The molecule has 0 aliphatic rings. The number of carboxylic acids is 1. The third-order valence-corrected chi connectivity index (χ3v) is 3.05. The molecule has 0 saturated heterocycles. The Kier molecular flexibility index (Phi) is 4.80. The zero-order chi connectivity index (χ0) is 14.6. The zero-order valence-corrected chi connectivity index (χ0v) is 11.1. The Morgan fingerprint density at radius 2 is 1.53 bits per heavy atom. The molecule has 0 spiro atoms. The van der Waals surface area contributed by atoms with Crippen LogP contribution in [-0.2, 0) is 4.79 Å². The van der Waals surface area contributed by atoms with Crippen LogP contribution in [0.15, 0.2) is 24.3 Å². The number of carbonyl (C=O) groups excluding carboxylic acids is 2. The molecule has 19 heavy (non-hydrogen) atoms. The molecule has 2 unspecified atom stereocenters. The highest BCUT2D eigenvalue weighted by Gasteiger charge is 2.21. The number of rotatable bonds is 5. The standard InChI is InChI=1S/C14H17NO4/c1-8(14(18)19)9(2)15-13(17)12-6-4-11(5-7-12)10(3)16/h4-9H,1-3H3,(H,15,17)(H,18,19). The van der Waals surface area contributed by atoms with E-state index in [2.05, 4.69) is 5.32 Å². The van der Waals surface area contributed by atoms with Gasteiger partial charge in [-0.3, -0.25) is 14.4 Å². The quantitative estimate of drug-likeness (QED) is 0.792. The maximum Gasteiger partial charge on any atom is 0.308 e. The summed E-state index contributed by atoms with van der Waals surface area (Å²) in [7, 11) is 0. The van der Waals surface area contributed by atoms with E-state index in [0.29, 0.717) is 11.1 Å². The predicted octanol–water partition coefficient (Wildman–Crippen LogP) is 1.73. The van der Waals surface area contributed by atoms with Crippen LogP contribution in [0.3, 0.4) is 0 Å². The highest BCUT2D eigenvalue weighted by Crippen LogP contribution is 2.07. The molecule has 0 heterocycles. The van der Waals surface area contributed by atoms with E-state index < -0.39 is 17.9 Å². The number of ketones is 1. The van der Waals surface area contributed by atoms with Crippen molar-refractivity contribution >= 4 is 17.7 Å². The van der Waals surface area contributed by atoms with Gasteiger partial charge in [-0.15, -0.1) is 0 Å². The van der Waals surface area contributed by atoms with Gasteiger partial charge in [-0.25, -0.2) is 0 Å². The molecule has 0 radical (unpaired) electrons. The topological polar surface area (TPSA) is 83.5 Å². The lowest BCUT2D eigenvalue weighted by Gasteiger charge is -2.17. The molecule has 2 N–H and O–H groups in total. The molecule has 0 bridgehead atoms. The maximum atomic E-state index is 11.9. The van der Waals surface area contributed by atoms with Gasteiger partial charge in [-0.1, -0.05) is 12.1 Å². The number of nitrogens with one attached hydrogen (secondary N) is 1. The molecule has 1 rings (SSSR count). The van der Waals surface area contributed by atoms with Gasteiger partial charge in [0.15, 0.2) is 5.78 Å². The van der Waals surface area contributed by atoms with Crippen molar-refractivity contribution in [2.75, 3.05) is 0 Å². The Morgan fingerprint density at radius 1 is 1.05 bits per heavy atom. The second-order valence-electron chi connectivity index (χ2n) is 4.52. The molecule has 0 aliphatic carbocycles. The fraction of sp³-hybridized carbons (Fsp3) is 0.357. The second kappa shape index (κ2) is 6.13. The number of benzene rings is 1. The number of aliphatic carboxylic acids is 1. The van der Waals surface area contributed by atoms with Gasteiger partial charge >= 0.3 is 5.97 Å². The van der Waals surface area contributed by atoms with Crippen molar-refractivity contribution in [1.29, 1.82) is 0 Å². The van der Waals surface area contributed by atoms with Crippen molar-refractivity contribution in [2.45, 2.75) is 26.8 Å². The lowest BCUT2D eigenvalue weighted by atomic mass is 10.0. The van der Waals surface area contributed by atoms with Gasteiger partial charge in [0.1, 0.15) is 0 Å². The summed E-state index contributed by atoms with van der Waals surface area (Å²) in [4.78, 5) is 33.8. The van der Waals surface area contributed by atoms with Crippen LogP contribution >= 0.6 is 0 Å². The Labute approximate surface area is 111 Å². The number of hydrogen-bond acceptors (Lipinski definition) is 3. The summed E-state index contributed by atoms with van der Waals surface area (Å²) >= 11 is 0. The van der Waals surface area contributed by atoms with E-state index in [4.69, 9.17) is 5.11 Å². The number of hydrogen-bond donors (Lipinski definition) is 2. The van der Waals surface area contributed by atoms with Gasteiger partial charge in [0.05, 0.1) is 5.92 Å². The first-order valence-electron chi connectivity index (χ1n) is 5.97. The van der Waals surface area contributed by atoms with E-state index in [1.807, 2.05) is 0 Å². The first-order valence-corrected chi connectivity index (χ1v) is 5.97. The SMILES string of the molecule is CC(=O)c1ccc(C(=O)NC(C)C(C)C(=O)O)cc1. The Morgan fingerprint density at radius 3 is 1.95 bits per heavy atom. The summed E-state index contributed by atoms with van der Waals surface area (Å²) in [6, 6.07) is 5.76. The molecule has 102 valence electrons. The van der Waals surface area contributed by atoms with Gasteiger partial charge < -0.3 is 10.4 Å². The Bertz CT molecular complexity index is 493. The van der Waals surface area contributed by atoms with Crippen LogP contribution in [0.2, 0.25) is 0 Å². The minimum atomic E-state index is -0.959. The highest BCUT2D eigenvalue weighted by atomic mass is 16.4. The molecule has 0 fully saturated rings. The van der Waals surface area contributed by atoms with Crippen LogP contribution in [0.5, 0.6) is 0 Å². The van der Waals surface area contributed by atoms with Crippen LogP contribution in [-0.4, -0.2) is 28.8 Å². The van der Waals surface area contributed by atoms with Crippen LogP contribution in [0.4, 0.5) is 0 Å². The van der Waals surface area contributed by atoms with E-state index >= 15 is 0 Å². The third kappa shape index (κ3) is 3.91. The first kappa shape index (κ1) is 14.9. The number of Topliss-reactive ketones (excluding diaryl/α,β-unsaturated/α-hetero) is 1. The molecule has 5 nitrogen and oxygen atoms in total. The first-order chi connectivity index (χ1) is 8.82. The fourth-order valence-corrected chi connectivity index (χ4v) is 1.49. The molecule has 1 amide bonds. The molecule has 1 aromatic carbocycles. The molecular formula is C14H17NO4. The average Bonchev–Trinajstić information content (AvgIpc) is 2.37. The van der Waals surface area contributed by atoms with Crippen LogP contribution < -0.4 is 5.32 Å². The van der Waals surface area contributed by atoms with Crippen molar-refractivity contribution in [2.24, 2.45) is 5.92 Å². The second-order valence-corrected chi connectivity index (χ2v) is 4.52. The Hall–Kier alpha value is -2.17. The van der Waals surface area contributed by atoms with Crippen LogP contribution in [0.25, 0.3) is 0 Å². The summed E-state index contributed by atoms with van der Waals surface area (Å²) in [5, 5.41) is 11.5. The normalized spacial score (nSPS) is 13.4. The summed E-state index contributed by atoms with van der Waals surface area (Å²) < 4.78 is 0. The number of carboxylic acid groups (broad SMARTS) is 1. The smallest absolute Gasteiger partial charge is 0.308 e. The summed E-state index contributed by atoms with van der Waals surface area (Å²) in [5.41, 5.74) is 0.929. The Balaban J connectivity index is 2.73. The monoisotopic (exact) mass is 263 g/mol. The van der Waals surface area contributed by atoms with Crippen LogP contribution in [0.1, 0.15) is 41.5 Å². The molecule has 2 atom stereocenters. The number of amides is 1. The number of carbonyl (C=O) groups is 3. The van der Waals surface area contributed by atoms with E-state index in [9.17, 15) is 14.4 Å². The van der Waals surface area contributed by atoms with Crippen molar-refractivity contribution < 1.29 is 19.5 Å². The van der Waals surface area contributed by atoms with E-state index in [1.54, 1.807) is 31.2 Å². The van der Waals surface area contributed by atoms with Gasteiger partial charge in [0, 0.05) is 17.2 Å². The maximum absolute atomic E-state index is 11.9. The molecule has 0 saturated carbocycles. The molecule has 0 aromatic heterocycles. The minimum absolute atomic E-state index is 0.0696. The van der Waals surface area contributed by atoms with Crippen molar-refractivity contribution in [1.82, 2.24) is 5.32 Å². The van der Waals surface area contributed by atoms with Crippen molar-refractivity contribution in [3.63, 3.8) is 0 Å². The molecular weight excluding hydrogens is 246 g/mol. The highest BCUT2D eigenvalue weighted by molar-refractivity contribution is 5.97. The van der Waals surface area contributed by atoms with E-state index in [0.717, 1.165) is 0 Å². The lowest BCUT2D eigenvalue weighted by molar-refractivity contribution is -0.141. The van der Waals surface area contributed by atoms with Crippen LogP contribution in [0, 0.1) is 5.92 Å². The fourth-order valence-electron chi connectivity index (χ4n) is 1.49. The lowest BCUT2D eigenvalue weighted by Crippen LogP contribution is -2.40. The summed E-state index contributed by atoms with van der Waals surface area (Å²) in [6.45, 7) is 4.62. The average molecular weight is 263 g/mol. The van der Waals surface area contributed by atoms with Crippen molar-refractivity contribution in [3.8, 4) is 0 Å². The van der Waals surface area contributed by atoms with Gasteiger partial charge in [0.2, 0.25) is 0 Å².